The minimum absolute atomic E-state index is 0.722. The minimum atomic E-state index is 0.722. The fourth-order valence-electron chi connectivity index (χ4n) is 4.99. The van der Waals surface area contributed by atoms with Crippen LogP contribution in [0.25, 0.3) is 28.0 Å². The van der Waals surface area contributed by atoms with Gasteiger partial charge in [-0.15, -0.1) is 0 Å². The Balaban J connectivity index is 1.86. The van der Waals surface area contributed by atoms with Gasteiger partial charge in [0, 0.05) is 10.9 Å². The van der Waals surface area contributed by atoms with Gasteiger partial charge in [-0.05, 0) is 68.0 Å². The second-order valence-corrected chi connectivity index (χ2v) is 8.40. The van der Waals surface area contributed by atoms with E-state index in [-0.39, 0.29) is 0 Å². The lowest BCUT2D eigenvalue weighted by atomic mass is 9.88. The van der Waals surface area contributed by atoms with Crippen LogP contribution < -0.4 is 9.47 Å². The monoisotopic (exact) mass is 427 g/mol. The van der Waals surface area contributed by atoms with E-state index in [4.69, 9.17) is 19.6 Å². The zero-order valence-corrected chi connectivity index (χ0v) is 19.0. The van der Waals surface area contributed by atoms with Crippen LogP contribution in [0, 0.1) is 6.92 Å². The van der Waals surface area contributed by atoms with Crippen molar-refractivity contribution in [2.75, 3.05) is 14.2 Å². The number of nitrogens with zero attached hydrogens (tertiary/aromatic N) is 3. The number of methoxy groups -OCH3 is 2. The normalized spacial score (nSPS) is 14.0. The molecule has 0 amide bonds. The molecular weight excluding hydrogens is 398 g/mol. The van der Waals surface area contributed by atoms with Crippen LogP contribution >= 0.6 is 0 Å². The summed E-state index contributed by atoms with van der Waals surface area (Å²) >= 11 is 0. The Morgan fingerprint density at radius 3 is 2.28 bits per heavy atom. The summed E-state index contributed by atoms with van der Waals surface area (Å²) in [4.78, 5) is 5.28. The fraction of sp³-hybridized carbons (Fsp3) is 0.333. The van der Waals surface area contributed by atoms with Crippen molar-refractivity contribution in [2.24, 2.45) is 0 Å². The molecule has 32 heavy (non-hydrogen) atoms. The first-order valence-corrected chi connectivity index (χ1v) is 11.4. The van der Waals surface area contributed by atoms with Crippen molar-refractivity contribution in [1.29, 1.82) is 0 Å². The van der Waals surface area contributed by atoms with Crippen LogP contribution in [-0.4, -0.2) is 29.0 Å². The van der Waals surface area contributed by atoms with Crippen LogP contribution in [0.2, 0.25) is 0 Å². The number of ether oxygens (including phenoxy) is 2. The number of aromatic nitrogens is 3. The van der Waals surface area contributed by atoms with Gasteiger partial charge in [0.1, 0.15) is 0 Å². The highest BCUT2D eigenvalue weighted by atomic mass is 16.5. The smallest absolute Gasteiger partial charge is 0.170 e. The van der Waals surface area contributed by atoms with Crippen LogP contribution in [0.5, 0.6) is 11.5 Å². The van der Waals surface area contributed by atoms with E-state index < -0.39 is 0 Å². The molecule has 5 rings (SSSR count). The Morgan fingerprint density at radius 2 is 1.56 bits per heavy atom. The maximum Gasteiger partial charge on any atom is 0.170 e. The first kappa shape index (κ1) is 20.6. The van der Waals surface area contributed by atoms with Crippen LogP contribution in [-0.2, 0) is 12.8 Å². The van der Waals surface area contributed by atoms with Gasteiger partial charge in [-0.2, -0.15) is 5.10 Å². The van der Waals surface area contributed by atoms with E-state index in [9.17, 15) is 0 Å². The molecule has 0 spiro atoms. The molecular formula is C27H29N3O2. The maximum absolute atomic E-state index is 5.81. The summed E-state index contributed by atoms with van der Waals surface area (Å²) in [5.74, 6) is 1.45. The second-order valence-electron chi connectivity index (χ2n) is 8.40. The predicted octanol–water partition coefficient (Wildman–Crippen LogP) is 6.07. The quantitative estimate of drug-likeness (QED) is 0.396. The fourth-order valence-corrected chi connectivity index (χ4v) is 4.99. The summed E-state index contributed by atoms with van der Waals surface area (Å²) in [6.45, 7) is 2.11. The third kappa shape index (κ3) is 3.42. The van der Waals surface area contributed by atoms with Gasteiger partial charge in [-0.1, -0.05) is 37.1 Å². The van der Waals surface area contributed by atoms with E-state index in [2.05, 4.69) is 25.1 Å². The maximum atomic E-state index is 5.81. The number of pyridine rings is 1. The molecule has 4 aromatic rings. The van der Waals surface area contributed by atoms with Crippen LogP contribution in [0.4, 0.5) is 0 Å². The van der Waals surface area contributed by atoms with Crippen LogP contribution in [0.1, 0.15) is 42.5 Å². The zero-order chi connectivity index (χ0) is 22.1. The molecule has 1 aliphatic rings. The Morgan fingerprint density at radius 1 is 0.812 bits per heavy atom. The van der Waals surface area contributed by atoms with Crippen molar-refractivity contribution < 1.29 is 9.47 Å². The molecule has 164 valence electrons. The zero-order valence-electron chi connectivity index (χ0n) is 19.0. The molecule has 0 fully saturated rings. The largest absolute Gasteiger partial charge is 0.493 e. The molecule has 2 aromatic carbocycles. The average molecular weight is 428 g/mol. The van der Waals surface area contributed by atoms with Crippen molar-refractivity contribution in [3.05, 3.63) is 65.4 Å². The molecule has 0 aliphatic heterocycles. The van der Waals surface area contributed by atoms with E-state index in [1.807, 2.05) is 35.0 Å². The molecule has 0 bridgehead atoms. The highest BCUT2D eigenvalue weighted by Crippen LogP contribution is 2.42. The minimum Gasteiger partial charge on any atom is -0.493 e. The molecule has 1 aliphatic carbocycles. The van der Waals surface area contributed by atoms with E-state index in [0.717, 1.165) is 52.6 Å². The van der Waals surface area contributed by atoms with Gasteiger partial charge in [0.25, 0.3) is 0 Å². The van der Waals surface area contributed by atoms with Gasteiger partial charge < -0.3 is 9.47 Å². The molecule has 2 heterocycles. The third-order valence-electron chi connectivity index (χ3n) is 6.47. The van der Waals surface area contributed by atoms with Crippen molar-refractivity contribution in [3.63, 3.8) is 0 Å². The third-order valence-corrected chi connectivity index (χ3v) is 6.47. The predicted molar refractivity (Wildman–Crippen MR) is 128 cm³/mol. The van der Waals surface area contributed by atoms with Gasteiger partial charge in [0.2, 0.25) is 0 Å². The van der Waals surface area contributed by atoms with Crippen LogP contribution in [0.15, 0.2) is 48.5 Å². The summed E-state index contributed by atoms with van der Waals surface area (Å²) in [6.07, 6.45) is 6.96. The molecule has 2 aromatic heterocycles. The van der Waals surface area contributed by atoms with E-state index >= 15 is 0 Å². The summed E-state index contributed by atoms with van der Waals surface area (Å²) in [5.41, 5.74) is 7.66. The Labute approximate surface area is 189 Å². The summed E-state index contributed by atoms with van der Waals surface area (Å²) < 4.78 is 13.4. The van der Waals surface area contributed by atoms with Crippen molar-refractivity contribution in [1.82, 2.24) is 14.8 Å². The van der Waals surface area contributed by atoms with Crippen molar-refractivity contribution in [2.45, 2.75) is 45.4 Å². The Kier molecular flexibility index (Phi) is 5.56. The van der Waals surface area contributed by atoms with Crippen LogP contribution in [0.3, 0.4) is 0 Å². The number of hydrogen-bond donors (Lipinski definition) is 0. The van der Waals surface area contributed by atoms with Gasteiger partial charge in [0.05, 0.1) is 31.3 Å². The number of rotatable bonds is 4. The lowest BCUT2D eigenvalue weighted by Gasteiger charge is -2.21. The summed E-state index contributed by atoms with van der Waals surface area (Å²) in [6, 6.07) is 16.3. The molecule has 0 N–H and O–H groups in total. The highest BCUT2D eigenvalue weighted by Gasteiger charge is 2.25. The number of benzene rings is 2. The molecule has 0 atom stereocenters. The molecule has 0 saturated carbocycles. The number of aryl methyl sites for hydroxylation is 2. The topological polar surface area (TPSA) is 49.2 Å². The second kappa shape index (κ2) is 8.65. The van der Waals surface area contributed by atoms with E-state index in [0.29, 0.717) is 0 Å². The average Bonchev–Trinajstić information content (AvgIpc) is 3.14. The SMILES string of the molecule is COc1cccc(-c2nc3c(c(C)nn3-c3ccccc3)c3c2CCCCCC3)c1OC. The van der Waals surface area contributed by atoms with Gasteiger partial charge in [-0.3, -0.25) is 0 Å². The van der Waals surface area contributed by atoms with Crippen molar-refractivity contribution >= 4 is 11.0 Å². The van der Waals surface area contributed by atoms with Gasteiger partial charge >= 0.3 is 0 Å². The van der Waals surface area contributed by atoms with E-state index in [1.54, 1.807) is 14.2 Å². The molecule has 5 heteroatoms. The van der Waals surface area contributed by atoms with Gasteiger partial charge in [0.15, 0.2) is 17.1 Å². The highest BCUT2D eigenvalue weighted by molar-refractivity contribution is 5.89. The number of hydrogen-bond acceptors (Lipinski definition) is 4. The Hall–Kier alpha value is -3.34. The van der Waals surface area contributed by atoms with E-state index in [1.165, 1.54) is 42.2 Å². The first-order valence-electron chi connectivity index (χ1n) is 11.4. The molecule has 5 nitrogen and oxygen atoms in total. The molecule has 0 radical (unpaired) electrons. The van der Waals surface area contributed by atoms with Crippen molar-refractivity contribution in [3.8, 4) is 28.4 Å². The molecule has 0 saturated heterocycles. The standard InChI is InChI=1S/C27H29N3O2/c1-18-24-20-14-9-4-5-10-15-21(20)25(22-16-11-17-23(31-2)26(22)32-3)28-27(24)30(29-18)19-12-7-6-8-13-19/h6-8,11-13,16-17H,4-5,9-10,14-15H2,1-3H3. The number of fused-ring (bicyclic) bond motifs is 3. The first-order chi connectivity index (χ1) is 15.7. The summed E-state index contributed by atoms with van der Waals surface area (Å²) in [7, 11) is 3.37. The van der Waals surface area contributed by atoms with Gasteiger partial charge in [-0.25, -0.2) is 9.67 Å². The number of para-hydroxylation sites is 2. The summed E-state index contributed by atoms with van der Waals surface area (Å²) in [5, 5.41) is 6.14. The lowest BCUT2D eigenvalue weighted by molar-refractivity contribution is 0.356. The molecule has 0 unspecified atom stereocenters. The Bertz CT molecular complexity index is 1260. The lowest BCUT2D eigenvalue weighted by Crippen LogP contribution is -2.07.